The molecule has 0 radical (unpaired) electrons. The number of morpholine rings is 1. The average molecular weight is 410 g/mol. The first-order valence-electron chi connectivity index (χ1n) is 9.41. The number of nitriles is 1. The number of thiophene rings is 1. The molecule has 1 aliphatic heterocycles. The van der Waals surface area contributed by atoms with Crippen LogP contribution in [0.25, 0.3) is 10.2 Å². The van der Waals surface area contributed by atoms with Gasteiger partial charge in [0.15, 0.2) is 11.5 Å². The van der Waals surface area contributed by atoms with E-state index in [-0.39, 0.29) is 0 Å². The summed E-state index contributed by atoms with van der Waals surface area (Å²) < 4.78 is 17.1. The summed E-state index contributed by atoms with van der Waals surface area (Å²) in [6.07, 6.45) is 0. The average Bonchev–Trinajstić information content (AvgIpc) is 3.02. The summed E-state index contributed by atoms with van der Waals surface area (Å²) in [4.78, 5) is 13.9. The second kappa shape index (κ2) is 8.33. The Labute approximate surface area is 173 Å². The standard InChI is InChI=1S/C21H22N4O3S/c1-13-14(2)29-21-19(13)20(23-18(24-21)12-25-6-8-27-9-7-25)28-16-5-4-15(11-22)10-17(16)26-3/h4-5,10H,6-9,12H2,1-3H3. The van der Waals surface area contributed by atoms with Crippen molar-refractivity contribution in [3.63, 3.8) is 0 Å². The molecule has 0 atom stereocenters. The molecule has 8 heteroatoms. The Hall–Kier alpha value is -2.73. The fourth-order valence-electron chi connectivity index (χ4n) is 3.28. The van der Waals surface area contributed by atoms with E-state index < -0.39 is 0 Å². The van der Waals surface area contributed by atoms with Crippen LogP contribution in [0.5, 0.6) is 17.4 Å². The number of benzene rings is 1. The first-order chi connectivity index (χ1) is 14.1. The third kappa shape index (κ3) is 4.03. The van der Waals surface area contributed by atoms with Crippen LogP contribution in [0.4, 0.5) is 0 Å². The Bertz CT molecular complexity index is 1080. The lowest BCUT2D eigenvalue weighted by Gasteiger charge is -2.25. The fourth-order valence-corrected chi connectivity index (χ4v) is 4.32. The van der Waals surface area contributed by atoms with E-state index in [4.69, 9.17) is 29.4 Å². The van der Waals surface area contributed by atoms with E-state index in [2.05, 4.69) is 24.8 Å². The predicted octanol–water partition coefficient (Wildman–Crippen LogP) is 3.81. The minimum atomic E-state index is 0.496. The zero-order valence-electron chi connectivity index (χ0n) is 16.7. The van der Waals surface area contributed by atoms with Gasteiger partial charge in [0, 0.05) is 24.0 Å². The van der Waals surface area contributed by atoms with Gasteiger partial charge in [-0.15, -0.1) is 11.3 Å². The van der Waals surface area contributed by atoms with Crippen molar-refractivity contribution < 1.29 is 14.2 Å². The van der Waals surface area contributed by atoms with Gasteiger partial charge < -0.3 is 14.2 Å². The molecule has 3 heterocycles. The maximum Gasteiger partial charge on any atom is 0.231 e. The van der Waals surface area contributed by atoms with Gasteiger partial charge in [-0.2, -0.15) is 10.2 Å². The third-order valence-corrected chi connectivity index (χ3v) is 6.11. The van der Waals surface area contributed by atoms with Crippen molar-refractivity contribution >= 4 is 21.6 Å². The van der Waals surface area contributed by atoms with Crippen LogP contribution in [-0.2, 0) is 11.3 Å². The molecule has 1 aliphatic rings. The molecule has 1 fully saturated rings. The van der Waals surface area contributed by atoms with Crippen LogP contribution in [0.15, 0.2) is 18.2 Å². The summed E-state index contributed by atoms with van der Waals surface area (Å²) in [7, 11) is 1.56. The molecule has 3 aromatic rings. The minimum absolute atomic E-state index is 0.496. The van der Waals surface area contributed by atoms with E-state index in [1.807, 2.05) is 0 Å². The molecule has 7 nitrogen and oxygen atoms in total. The lowest BCUT2D eigenvalue weighted by atomic mass is 10.2. The predicted molar refractivity (Wildman–Crippen MR) is 111 cm³/mol. The Morgan fingerprint density at radius 2 is 2.00 bits per heavy atom. The molecular formula is C21H22N4O3S. The minimum Gasteiger partial charge on any atom is -0.493 e. The summed E-state index contributed by atoms with van der Waals surface area (Å²) >= 11 is 1.65. The fraction of sp³-hybridized carbons (Fsp3) is 0.381. The van der Waals surface area contributed by atoms with Gasteiger partial charge in [0.1, 0.15) is 10.7 Å². The molecule has 1 aromatic carbocycles. The van der Waals surface area contributed by atoms with Gasteiger partial charge in [-0.1, -0.05) is 0 Å². The van der Waals surface area contributed by atoms with E-state index in [1.54, 1.807) is 36.6 Å². The van der Waals surface area contributed by atoms with Crippen molar-refractivity contribution in [3.05, 3.63) is 40.0 Å². The molecule has 4 rings (SSSR count). The Balaban J connectivity index is 1.74. The van der Waals surface area contributed by atoms with Gasteiger partial charge >= 0.3 is 0 Å². The quantitative estimate of drug-likeness (QED) is 0.633. The van der Waals surface area contributed by atoms with Crippen LogP contribution >= 0.6 is 11.3 Å². The highest BCUT2D eigenvalue weighted by Crippen LogP contribution is 2.39. The highest BCUT2D eigenvalue weighted by Gasteiger charge is 2.20. The maximum atomic E-state index is 9.13. The topological polar surface area (TPSA) is 80.5 Å². The SMILES string of the molecule is COc1cc(C#N)ccc1Oc1nc(CN2CCOCC2)nc2sc(C)c(C)c12. The van der Waals surface area contributed by atoms with E-state index in [9.17, 15) is 0 Å². The van der Waals surface area contributed by atoms with Crippen LogP contribution in [-0.4, -0.2) is 48.3 Å². The van der Waals surface area contributed by atoms with Crippen LogP contribution in [0, 0.1) is 25.2 Å². The number of hydrogen-bond donors (Lipinski definition) is 0. The van der Waals surface area contributed by atoms with Crippen LogP contribution < -0.4 is 9.47 Å². The van der Waals surface area contributed by atoms with Crippen molar-refractivity contribution in [2.75, 3.05) is 33.4 Å². The Morgan fingerprint density at radius 3 is 2.72 bits per heavy atom. The Morgan fingerprint density at radius 1 is 1.21 bits per heavy atom. The highest BCUT2D eigenvalue weighted by atomic mass is 32.1. The van der Waals surface area contributed by atoms with Crippen LogP contribution in [0.1, 0.15) is 21.8 Å². The van der Waals surface area contributed by atoms with Gasteiger partial charge in [0.25, 0.3) is 0 Å². The number of aromatic nitrogens is 2. The summed E-state index contributed by atoms with van der Waals surface area (Å²) in [6.45, 7) is 7.97. The molecule has 0 N–H and O–H groups in total. The highest BCUT2D eigenvalue weighted by molar-refractivity contribution is 7.18. The number of aryl methyl sites for hydroxylation is 2. The lowest BCUT2D eigenvalue weighted by molar-refractivity contribution is 0.0330. The van der Waals surface area contributed by atoms with Gasteiger partial charge in [0.2, 0.25) is 5.88 Å². The number of fused-ring (bicyclic) bond motifs is 1. The normalized spacial score (nSPS) is 14.7. The number of hydrogen-bond acceptors (Lipinski definition) is 8. The van der Waals surface area contributed by atoms with Crippen molar-refractivity contribution in [1.82, 2.24) is 14.9 Å². The molecule has 0 aliphatic carbocycles. The van der Waals surface area contributed by atoms with Gasteiger partial charge in [-0.3, -0.25) is 4.90 Å². The summed E-state index contributed by atoms with van der Waals surface area (Å²) in [5, 5.41) is 10.1. The zero-order chi connectivity index (χ0) is 20.4. The number of ether oxygens (including phenoxy) is 3. The van der Waals surface area contributed by atoms with Gasteiger partial charge in [-0.25, -0.2) is 4.98 Å². The number of rotatable bonds is 5. The summed E-state index contributed by atoms with van der Waals surface area (Å²) in [5.41, 5.74) is 1.63. The molecule has 0 bridgehead atoms. The number of methoxy groups -OCH3 is 1. The van der Waals surface area contributed by atoms with Crippen molar-refractivity contribution in [2.24, 2.45) is 0 Å². The van der Waals surface area contributed by atoms with Crippen molar-refractivity contribution in [1.29, 1.82) is 5.26 Å². The molecule has 0 saturated carbocycles. The van der Waals surface area contributed by atoms with E-state index in [0.717, 1.165) is 47.9 Å². The lowest BCUT2D eigenvalue weighted by Crippen LogP contribution is -2.36. The molecule has 2 aromatic heterocycles. The molecule has 0 amide bonds. The molecular weight excluding hydrogens is 388 g/mol. The Kier molecular flexibility index (Phi) is 5.62. The third-order valence-electron chi connectivity index (χ3n) is 5.01. The zero-order valence-corrected chi connectivity index (χ0v) is 17.5. The smallest absolute Gasteiger partial charge is 0.231 e. The first kappa shape index (κ1) is 19.6. The molecule has 29 heavy (non-hydrogen) atoms. The second-order valence-corrected chi connectivity index (χ2v) is 8.08. The molecule has 0 spiro atoms. The molecule has 150 valence electrons. The van der Waals surface area contributed by atoms with Gasteiger partial charge in [0.05, 0.1) is 43.9 Å². The van der Waals surface area contributed by atoms with Crippen LogP contribution in [0.3, 0.4) is 0 Å². The monoisotopic (exact) mass is 410 g/mol. The van der Waals surface area contributed by atoms with Crippen LogP contribution in [0.2, 0.25) is 0 Å². The second-order valence-electron chi connectivity index (χ2n) is 6.88. The largest absolute Gasteiger partial charge is 0.493 e. The number of nitrogens with zero attached hydrogens (tertiary/aromatic N) is 4. The van der Waals surface area contributed by atoms with E-state index in [1.165, 1.54) is 4.88 Å². The molecule has 1 saturated heterocycles. The van der Waals surface area contributed by atoms with Crippen molar-refractivity contribution in [2.45, 2.75) is 20.4 Å². The summed E-state index contributed by atoms with van der Waals surface area (Å²) in [5.74, 6) is 2.26. The van der Waals surface area contributed by atoms with Gasteiger partial charge in [-0.05, 0) is 31.5 Å². The maximum absolute atomic E-state index is 9.13. The summed E-state index contributed by atoms with van der Waals surface area (Å²) in [6, 6.07) is 7.22. The molecule has 0 unspecified atom stereocenters. The van der Waals surface area contributed by atoms with E-state index in [0.29, 0.717) is 29.5 Å². The van der Waals surface area contributed by atoms with Crippen molar-refractivity contribution in [3.8, 4) is 23.4 Å². The van der Waals surface area contributed by atoms with E-state index >= 15 is 0 Å². The first-order valence-corrected chi connectivity index (χ1v) is 10.2.